The third-order valence-electron chi connectivity index (χ3n) is 8.64. The Labute approximate surface area is 295 Å². The molecule has 246 valence electrons. The molecule has 6 rings (SSSR count). The van der Waals surface area contributed by atoms with Crippen LogP contribution in [-0.4, -0.2) is 18.7 Å². The van der Waals surface area contributed by atoms with Crippen LogP contribution in [-0.2, 0) is 9.53 Å². The molecule has 0 spiro atoms. The van der Waals surface area contributed by atoms with E-state index < -0.39 is 0 Å². The van der Waals surface area contributed by atoms with Crippen molar-refractivity contribution in [2.24, 2.45) is 5.92 Å². The average molecular weight is 653 g/mol. The van der Waals surface area contributed by atoms with Gasteiger partial charge in [0.05, 0.1) is 12.7 Å². The van der Waals surface area contributed by atoms with Crippen LogP contribution in [0.25, 0.3) is 32.7 Å². The lowest BCUT2D eigenvalue weighted by molar-refractivity contribution is -0.144. The second-order valence-electron chi connectivity index (χ2n) is 13.0. The van der Waals surface area contributed by atoms with Crippen molar-refractivity contribution in [2.45, 2.75) is 40.2 Å². The van der Waals surface area contributed by atoms with Crippen LogP contribution in [0.15, 0.2) is 133 Å². The van der Waals surface area contributed by atoms with Gasteiger partial charge in [-0.3, -0.25) is 0 Å². The number of carbonyl (C=O) groups excluding carboxylic acids is 1. The quantitative estimate of drug-likeness (QED) is 0.0710. The van der Waals surface area contributed by atoms with E-state index in [1.54, 1.807) is 6.92 Å². The van der Waals surface area contributed by atoms with Gasteiger partial charge >= 0.3 is 5.97 Å². The summed E-state index contributed by atoms with van der Waals surface area (Å²) < 4.78 is 11.4. The second-order valence-corrected chi connectivity index (χ2v) is 13.0. The minimum atomic E-state index is -0.357. The molecule has 0 aliphatic carbocycles. The largest absolute Gasteiger partial charge is 0.493 e. The highest BCUT2D eigenvalue weighted by Gasteiger charge is 2.15. The van der Waals surface area contributed by atoms with Gasteiger partial charge in [-0.1, -0.05) is 128 Å². The molecule has 0 bridgehead atoms. The Morgan fingerprint density at radius 1 is 0.640 bits per heavy atom. The summed E-state index contributed by atoms with van der Waals surface area (Å²) in [5.74, 6) is 14.5. The van der Waals surface area contributed by atoms with Crippen LogP contribution >= 0.6 is 0 Å². The van der Waals surface area contributed by atoms with Gasteiger partial charge in [0, 0.05) is 27.8 Å². The van der Waals surface area contributed by atoms with E-state index in [0.29, 0.717) is 18.6 Å². The Morgan fingerprint density at radius 3 is 1.54 bits per heavy atom. The minimum Gasteiger partial charge on any atom is -0.493 e. The SMILES string of the molecule is C=C(C)C(=O)OC(C)CC(C)COc1ccc(C#Cc2c3ccccc3c(C#Cc3ccc(-c4ccc(C)cc4)cc3)c3ccccc23)cc1. The number of fused-ring (bicyclic) bond motifs is 2. The summed E-state index contributed by atoms with van der Waals surface area (Å²) in [6.45, 7) is 11.9. The number of aryl methyl sites for hydroxylation is 1. The van der Waals surface area contributed by atoms with Gasteiger partial charge in [0.25, 0.3) is 0 Å². The number of ether oxygens (including phenoxy) is 2. The van der Waals surface area contributed by atoms with E-state index in [1.165, 1.54) is 16.7 Å². The van der Waals surface area contributed by atoms with Crippen molar-refractivity contribution in [3.05, 3.63) is 161 Å². The van der Waals surface area contributed by atoms with E-state index in [4.69, 9.17) is 9.47 Å². The maximum Gasteiger partial charge on any atom is 0.333 e. The van der Waals surface area contributed by atoms with Gasteiger partial charge < -0.3 is 9.47 Å². The molecule has 6 aromatic rings. The topological polar surface area (TPSA) is 35.5 Å². The molecule has 0 radical (unpaired) electrons. The van der Waals surface area contributed by atoms with Crippen LogP contribution in [0.1, 0.15) is 55.0 Å². The molecule has 0 saturated heterocycles. The fraction of sp³-hybridized carbons (Fsp3) is 0.170. The molecule has 0 N–H and O–H groups in total. The average Bonchev–Trinajstić information content (AvgIpc) is 3.13. The van der Waals surface area contributed by atoms with Crippen molar-refractivity contribution in [3.63, 3.8) is 0 Å². The molecular weight excluding hydrogens is 613 g/mol. The number of rotatable bonds is 8. The monoisotopic (exact) mass is 652 g/mol. The Morgan fingerprint density at radius 2 is 1.08 bits per heavy atom. The molecule has 0 fully saturated rings. The van der Waals surface area contributed by atoms with E-state index in [-0.39, 0.29) is 18.0 Å². The number of hydrogen-bond acceptors (Lipinski definition) is 3. The third kappa shape index (κ3) is 8.15. The normalized spacial score (nSPS) is 11.8. The molecule has 6 aromatic carbocycles. The lowest BCUT2D eigenvalue weighted by Gasteiger charge is -2.18. The fourth-order valence-corrected chi connectivity index (χ4v) is 6.00. The van der Waals surface area contributed by atoms with Gasteiger partial charge in [-0.25, -0.2) is 4.79 Å². The maximum absolute atomic E-state index is 11.8. The molecule has 2 unspecified atom stereocenters. The molecule has 0 saturated carbocycles. The van der Waals surface area contributed by atoms with E-state index in [1.807, 2.05) is 31.2 Å². The first-order chi connectivity index (χ1) is 24.2. The van der Waals surface area contributed by atoms with E-state index in [0.717, 1.165) is 49.5 Å². The summed E-state index contributed by atoms with van der Waals surface area (Å²) in [6.07, 6.45) is 0.502. The van der Waals surface area contributed by atoms with Gasteiger partial charge in [0.1, 0.15) is 5.75 Å². The van der Waals surface area contributed by atoms with Gasteiger partial charge in [-0.15, -0.1) is 0 Å². The molecule has 3 heteroatoms. The Hall–Kier alpha value is -6.03. The summed E-state index contributed by atoms with van der Waals surface area (Å²) in [4.78, 5) is 11.8. The first-order valence-electron chi connectivity index (χ1n) is 17.0. The highest BCUT2D eigenvalue weighted by Crippen LogP contribution is 2.32. The van der Waals surface area contributed by atoms with Crippen LogP contribution in [0.2, 0.25) is 0 Å². The van der Waals surface area contributed by atoms with Crippen molar-refractivity contribution >= 4 is 27.5 Å². The van der Waals surface area contributed by atoms with Gasteiger partial charge in [0.2, 0.25) is 0 Å². The van der Waals surface area contributed by atoms with Crippen molar-refractivity contribution in [1.29, 1.82) is 0 Å². The standard InChI is InChI=1S/C47H40O3/c1-32(2)47(48)50-35(5)30-34(4)31-49-40-26-18-37(19-27-40)21-29-46-43-12-8-6-10-41(43)45(42-11-7-9-13-44(42)46)28-20-36-16-24-39(25-17-36)38-22-14-33(3)15-23-38/h6-19,22-27,34-35H,1,30-31H2,2-5H3. The number of esters is 1. The van der Waals surface area contributed by atoms with Crippen molar-refractivity contribution in [1.82, 2.24) is 0 Å². The van der Waals surface area contributed by atoms with E-state index >= 15 is 0 Å². The summed E-state index contributed by atoms with van der Waals surface area (Å²) in [5.41, 5.74) is 7.89. The third-order valence-corrected chi connectivity index (χ3v) is 8.64. The molecule has 2 atom stereocenters. The Balaban J connectivity index is 1.22. The lowest BCUT2D eigenvalue weighted by Crippen LogP contribution is -2.20. The van der Waals surface area contributed by atoms with Crippen molar-refractivity contribution in [2.75, 3.05) is 6.61 Å². The number of benzene rings is 6. The highest BCUT2D eigenvalue weighted by atomic mass is 16.5. The van der Waals surface area contributed by atoms with Crippen molar-refractivity contribution in [3.8, 4) is 40.6 Å². The van der Waals surface area contributed by atoms with Crippen LogP contribution in [0.3, 0.4) is 0 Å². The Bertz CT molecular complexity index is 2230. The number of hydrogen-bond donors (Lipinski definition) is 0. The zero-order chi connectivity index (χ0) is 35.0. The molecule has 50 heavy (non-hydrogen) atoms. The molecule has 0 aromatic heterocycles. The van der Waals surface area contributed by atoms with Crippen LogP contribution in [0, 0.1) is 36.5 Å². The molecule has 0 aliphatic rings. The van der Waals surface area contributed by atoms with Gasteiger partial charge in [-0.05, 0) is 102 Å². The summed E-state index contributed by atoms with van der Waals surface area (Å²) in [5, 5.41) is 4.33. The Kier molecular flexibility index (Phi) is 10.5. The van der Waals surface area contributed by atoms with Crippen molar-refractivity contribution < 1.29 is 14.3 Å². The van der Waals surface area contributed by atoms with E-state index in [9.17, 15) is 4.79 Å². The van der Waals surface area contributed by atoms with Gasteiger partial charge in [-0.2, -0.15) is 0 Å². The predicted octanol–water partition coefficient (Wildman–Crippen LogP) is 10.7. The predicted molar refractivity (Wildman–Crippen MR) is 206 cm³/mol. The maximum atomic E-state index is 11.8. The summed E-state index contributed by atoms with van der Waals surface area (Å²) in [6, 6.07) is 41.7. The lowest BCUT2D eigenvalue weighted by atomic mass is 9.92. The molecule has 0 amide bonds. The van der Waals surface area contributed by atoms with E-state index in [2.05, 4.69) is 141 Å². The highest BCUT2D eigenvalue weighted by molar-refractivity contribution is 6.09. The zero-order valence-electron chi connectivity index (χ0n) is 29.0. The fourth-order valence-electron chi connectivity index (χ4n) is 6.00. The summed E-state index contributed by atoms with van der Waals surface area (Å²) in [7, 11) is 0. The van der Waals surface area contributed by atoms with Crippen LogP contribution in [0.4, 0.5) is 0 Å². The summed E-state index contributed by atoms with van der Waals surface area (Å²) >= 11 is 0. The molecule has 0 heterocycles. The molecule has 3 nitrogen and oxygen atoms in total. The molecule has 0 aliphatic heterocycles. The smallest absolute Gasteiger partial charge is 0.333 e. The minimum absolute atomic E-state index is 0.203. The zero-order valence-corrected chi connectivity index (χ0v) is 29.0. The number of carbonyl (C=O) groups is 1. The second kappa shape index (κ2) is 15.5. The first kappa shape index (κ1) is 33.9. The van der Waals surface area contributed by atoms with Gasteiger partial charge in [0.15, 0.2) is 0 Å². The van der Waals surface area contributed by atoms with Crippen LogP contribution < -0.4 is 4.74 Å². The molecular formula is C47H40O3. The first-order valence-corrected chi connectivity index (χ1v) is 17.0. The van der Waals surface area contributed by atoms with Crippen LogP contribution in [0.5, 0.6) is 5.75 Å².